The van der Waals surface area contributed by atoms with Crippen molar-refractivity contribution in [2.75, 3.05) is 0 Å². The highest BCUT2D eigenvalue weighted by Crippen LogP contribution is 2.27. The standard InChI is InChI=1S/C22H23FN4OS/c1-4-14-27-20(18-8-6-5-7-9-18)25-26-22(27)29-16(3)21(28)24-15(2)17-10-12-19(23)13-11-17/h4-13,15-16H,1,14H2,2-3H3,(H,24,28). The molecule has 0 spiro atoms. The number of thioether (sulfide) groups is 1. The third kappa shape index (κ3) is 5.12. The molecule has 150 valence electrons. The minimum atomic E-state index is -0.380. The molecule has 1 heterocycles. The molecule has 2 atom stereocenters. The molecule has 2 unspecified atom stereocenters. The van der Waals surface area contributed by atoms with Gasteiger partial charge in [0.15, 0.2) is 11.0 Å². The number of amides is 1. The van der Waals surface area contributed by atoms with Gasteiger partial charge in [0.05, 0.1) is 11.3 Å². The molecule has 7 heteroatoms. The summed E-state index contributed by atoms with van der Waals surface area (Å²) in [7, 11) is 0. The number of carbonyl (C=O) groups excluding carboxylic acids is 1. The maximum Gasteiger partial charge on any atom is 0.233 e. The molecule has 0 saturated heterocycles. The first kappa shape index (κ1) is 20.8. The molecule has 0 fully saturated rings. The van der Waals surface area contributed by atoms with Gasteiger partial charge in [0.2, 0.25) is 5.91 Å². The fraction of sp³-hybridized carbons (Fsp3) is 0.227. The summed E-state index contributed by atoms with van der Waals surface area (Å²) in [6, 6.07) is 15.7. The lowest BCUT2D eigenvalue weighted by atomic mass is 10.1. The number of hydrogen-bond donors (Lipinski definition) is 1. The van der Waals surface area contributed by atoms with Gasteiger partial charge in [0.1, 0.15) is 5.82 Å². The lowest BCUT2D eigenvalue weighted by molar-refractivity contribution is -0.120. The Balaban J connectivity index is 1.71. The molecule has 0 bridgehead atoms. The highest BCUT2D eigenvalue weighted by molar-refractivity contribution is 8.00. The molecule has 1 amide bonds. The van der Waals surface area contributed by atoms with Crippen LogP contribution in [-0.2, 0) is 11.3 Å². The van der Waals surface area contributed by atoms with E-state index in [1.165, 1.54) is 23.9 Å². The summed E-state index contributed by atoms with van der Waals surface area (Å²) in [6.45, 7) is 8.05. The summed E-state index contributed by atoms with van der Waals surface area (Å²) in [5, 5.41) is 11.8. The fourth-order valence-corrected chi connectivity index (χ4v) is 3.72. The van der Waals surface area contributed by atoms with E-state index >= 15 is 0 Å². The third-order valence-corrected chi connectivity index (χ3v) is 5.52. The minimum absolute atomic E-state index is 0.124. The van der Waals surface area contributed by atoms with Gasteiger partial charge in [-0.1, -0.05) is 60.3 Å². The van der Waals surface area contributed by atoms with Crippen LogP contribution < -0.4 is 5.32 Å². The number of nitrogens with one attached hydrogen (secondary N) is 1. The normalized spacial score (nSPS) is 12.9. The van der Waals surface area contributed by atoms with Crippen molar-refractivity contribution in [1.29, 1.82) is 0 Å². The Labute approximate surface area is 174 Å². The van der Waals surface area contributed by atoms with Gasteiger partial charge in [-0.05, 0) is 31.5 Å². The van der Waals surface area contributed by atoms with E-state index in [1.54, 1.807) is 18.2 Å². The van der Waals surface area contributed by atoms with E-state index in [1.807, 2.05) is 48.7 Å². The Morgan fingerprint density at radius 3 is 2.52 bits per heavy atom. The van der Waals surface area contributed by atoms with E-state index in [-0.39, 0.29) is 23.0 Å². The smallest absolute Gasteiger partial charge is 0.233 e. The van der Waals surface area contributed by atoms with Crippen LogP contribution in [0, 0.1) is 5.82 Å². The van der Waals surface area contributed by atoms with E-state index in [9.17, 15) is 9.18 Å². The van der Waals surface area contributed by atoms with Crippen LogP contribution >= 0.6 is 11.8 Å². The predicted octanol–water partition coefficient (Wildman–Crippen LogP) is 4.63. The van der Waals surface area contributed by atoms with Crippen molar-refractivity contribution in [2.24, 2.45) is 0 Å². The van der Waals surface area contributed by atoms with Gasteiger partial charge in [0, 0.05) is 12.1 Å². The number of halogens is 1. The van der Waals surface area contributed by atoms with Crippen LogP contribution in [0.15, 0.2) is 72.4 Å². The van der Waals surface area contributed by atoms with Crippen molar-refractivity contribution < 1.29 is 9.18 Å². The Morgan fingerprint density at radius 2 is 1.86 bits per heavy atom. The maximum absolute atomic E-state index is 13.1. The third-order valence-electron chi connectivity index (χ3n) is 4.44. The topological polar surface area (TPSA) is 59.8 Å². The second kappa shape index (κ2) is 9.52. The number of nitrogens with zero attached hydrogens (tertiary/aromatic N) is 3. The number of rotatable bonds is 8. The Morgan fingerprint density at radius 1 is 1.17 bits per heavy atom. The lowest BCUT2D eigenvalue weighted by Crippen LogP contribution is -2.33. The van der Waals surface area contributed by atoms with Crippen molar-refractivity contribution in [3.8, 4) is 11.4 Å². The van der Waals surface area contributed by atoms with Crippen molar-refractivity contribution in [3.63, 3.8) is 0 Å². The molecule has 3 rings (SSSR count). The summed E-state index contributed by atoms with van der Waals surface area (Å²) in [5.41, 5.74) is 1.80. The average molecular weight is 411 g/mol. The molecular formula is C22H23FN4OS. The van der Waals surface area contributed by atoms with Crippen LogP contribution in [0.2, 0.25) is 0 Å². The van der Waals surface area contributed by atoms with Crippen molar-refractivity contribution in [2.45, 2.75) is 36.8 Å². The largest absolute Gasteiger partial charge is 0.349 e. The van der Waals surface area contributed by atoms with Crippen molar-refractivity contribution >= 4 is 17.7 Å². The first-order valence-corrected chi connectivity index (χ1v) is 10.2. The number of hydrogen-bond acceptors (Lipinski definition) is 4. The van der Waals surface area contributed by atoms with Crippen LogP contribution in [0.3, 0.4) is 0 Å². The lowest BCUT2D eigenvalue weighted by Gasteiger charge is -2.18. The zero-order chi connectivity index (χ0) is 20.8. The SMILES string of the molecule is C=CCn1c(SC(C)C(=O)NC(C)c2ccc(F)cc2)nnc1-c1ccccc1. The Hall–Kier alpha value is -2.93. The van der Waals surface area contributed by atoms with Gasteiger partial charge < -0.3 is 5.32 Å². The molecule has 1 N–H and O–H groups in total. The van der Waals surface area contributed by atoms with Gasteiger partial charge in [-0.3, -0.25) is 9.36 Å². The summed E-state index contributed by atoms with van der Waals surface area (Å²) in [4.78, 5) is 12.7. The molecule has 2 aromatic carbocycles. The first-order chi connectivity index (χ1) is 14.0. The van der Waals surface area contributed by atoms with Gasteiger partial charge in [0.25, 0.3) is 0 Å². The van der Waals surface area contributed by atoms with E-state index in [0.717, 1.165) is 17.0 Å². The minimum Gasteiger partial charge on any atom is -0.349 e. The molecular weight excluding hydrogens is 387 g/mol. The molecule has 5 nitrogen and oxygen atoms in total. The molecule has 1 aromatic heterocycles. The summed E-state index contributed by atoms with van der Waals surface area (Å²) in [6.07, 6.45) is 1.78. The van der Waals surface area contributed by atoms with Crippen LogP contribution in [0.1, 0.15) is 25.5 Å². The Bertz CT molecular complexity index is 972. The van der Waals surface area contributed by atoms with Crippen LogP contribution in [-0.4, -0.2) is 25.9 Å². The zero-order valence-corrected chi connectivity index (χ0v) is 17.2. The molecule has 0 saturated carbocycles. The van der Waals surface area contributed by atoms with Gasteiger partial charge >= 0.3 is 0 Å². The number of carbonyl (C=O) groups is 1. The summed E-state index contributed by atoms with van der Waals surface area (Å²) in [5.74, 6) is 0.313. The number of benzene rings is 2. The fourth-order valence-electron chi connectivity index (χ4n) is 2.85. The van der Waals surface area contributed by atoms with Crippen LogP contribution in [0.4, 0.5) is 4.39 Å². The molecule has 29 heavy (non-hydrogen) atoms. The van der Waals surface area contributed by atoms with E-state index in [4.69, 9.17) is 0 Å². The second-order valence-electron chi connectivity index (χ2n) is 6.61. The maximum atomic E-state index is 13.1. The predicted molar refractivity (Wildman–Crippen MR) is 114 cm³/mol. The quantitative estimate of drug-likeness (QED) is 0.435. The van der Waals surface area contributed by atoms with Gasteiger partial charge in [-0.2, -0.15) is 0 Å². The van der Waals surface area contributed by atoms with Crippen molar-refractivity contribution in [1.82, 2.24) is 20.1 Å². The number of allylic oxidation sites excluding steroid dienone is 1. The molecule has 0 aliphatic carbocycles. The zero-order valence-electron chi connectivity index (χ0n) is 16.4. The van der Waals surface area contributed by atoms with Gasteiger partial charge in [-0.25, -0.2) is 4.39 Å². The van der Waals surface area contributed by atoms with Crippen LogP contribution in [0.25, 0.3) is 11.4 Å². The molecule has 0 aliphatic rings. The molecule has 0 radical (unpaired) electrons. The highest BCUT2D eigenvalue weighted by Gasteiger charge is 2.22. The number of aromatic nitrogens is 3. The Kier molecular flexibility index (Phi) is 6.82. The van der Waals surface area contributed by atoms with E-state index in [2.05, 4.69) is 22.1 Å². The highest BCUT2D eigenvalue weighted by atomic mass is 32.2. The summed E-state index contributed by atoms with van der Waals surface area (Å²) >= 11 is 1.34. The first-order valence-electron chi connectivity index (χ1n) is 9.31. The van der Waals surface area contributed by atoms with Crippen LogP contribution in [0.5, 0.6) is 0 Å². The van der Waals surface area contributed by atoms with Gasteiger partial charge in [-0.15, -0.1) is 16.8 Å². The monoisotopic (exact) mass is 410 g/mol. The summed E-state index contributed by atoms with van der Waals surface area (Å²) < 4.78 is 15.0. The van der Waals surface area contributed by atoms with E-state index in [0.29, 0.717) is 11.7 Å². The van der Waals surface area contributed by atoms with Crippen molar-refractivity contribution in [3.05, 3.63) is 78.6 Å². The molecule has 3 aromatic rings. The average Bonchev–Trinajstić information content (AvgIpc) is 3.11. The molecule has 0 aliphatic heterocycles. The second-order valence-corrected chi connectivity index (χ2v) is 7.92. The van der Waals surface area contributed by atoms with E-state index < -0.39 is 0 Å².